The Bertz CT molecular complexity index is 1000. The second-order valence-electron chi connectivity index (χ2n) is 9.70. The van der Waals surface area contributed by atoms with Gasteiger partial charge in [0.1, 0.15) is 18.7 Å². The Morgan fingerprint density at radius 2 is 1.50 bits per heavy atom. The maximum atomic E-state index is 12.8. The van der Waals surface area contributed by atoms with Crippen molar-refractivity contribution in [3.63, 3.8) is 0 Å². The van der Waals surface area contributed by atoms with Crippen molar-refractivity contribution in [3.8, 4) is 11.1 Å². The number of rotatable bonds is 9. The zero-order valence-corrected chi connectivity index (χ0v) is 19.7. The fourth-order valence-corrected chi connectivity index (χ4v) is 4.26. The molecule has 0 aliphatic heterocycles. The highest BCUT2D eigenvalue weighted by Crippen LogP contribution is 2.44. The molecule has 2 unspecified atom stereocenters. The van der Waals surface area contributed by atoms with E-state index in [2.05, 4.69) is 10.6 Å². The Hall–Kier alpha value is -3.39. The molecule has 4 N–H and O–H groups in total. The van der Waals surface area contributed by atoms with Gasteiger partial charge in [-0.1, -0.05) is 69.3 Å². The van der Waals surface area contributed by atoms with E-state index in [0.29, 0.717) is 0 Å². The first-order valence-corrected chi connectivity index (χ1v) is 11.4. The summed E-state index contributed by atoms with van der Waals surface area (Å²) in [5, 5.41) is 23.4. The van der Waals surface area contributed by atoms with Crippen LogP contribution in [0.5, 0.6) is 0 Å². The Morgan fingerprint density at radius 3 is 2.00 bits per heavy atom. The van der Waals surface area contributed by atoms with Crippen LogP contribution in [-0.2, 0) is 14.3 Å². The number of benzene rings is 2. The van der Waals surface area contributed by atoms with E-state index in [1.165, 1.54) is 0 Å². The largest absolute Gasteiger partial charge is 0.480 e. The number of carboxylic acids is 1. The molecule has 2 aromatic rings. The number of hydrogen-bond acceptors (Lipinski definition) is 5. The molecule has 182 valence electrons. The zero-order valence-electron chi connectivity index (χ0n) is 19.7. The zero-order chi connectivity index (χ0) is 24.9. The van der Waals surface area contributed by atoms with Gasteiger partial charge >= 0.3 is 12.1 Å². The number of aliphatic carboxylic acids is 1. The molecule has 8 nitrogen and oxygen atoms in total. The number of hydrogen-bond donors (Lipinski definition) is 4. The summed E-state index contributed by atoms with van der Waals surface area (Å²) < 4.78 is 5.55. The summed E-state index contributed by atoms with van der Waals surface area (Å²) >= 11 is 0. The summed E-state index contributed by atoms with van der Waals surface area (Å²) in [4.78, 5) is 36.9. The minimum Gasteiger partial charge on any atom is -0.480 e. The van der Waals surface area contributed by atoms with Crippen LogP contribution in [-0.4, -0.2) is 53.5 Å². The molecule has 0 saturated heterocycles. The minimum absolute atomic E-state index is 0.103. The molecule has 1 aliphatic rings. The molecule has 0 aromatic heterocycles. The smallest absolute Gasteiger partial charge is 0.407 e. The predicted molar refractivity (Wildman–Crippen MR) is 127 cm³/mol. The van der Waals surface area contributed by atoms with Crippen molar-refractivity contribution in [3.05, 3.63) is 59.7 Å². The van der Waals surface area contributed by atoms with Gasteiger partial charge in [-0.05, 0) is 34.1 Å². The third-order valence-corrected chi connectivity index (χ3v) is 5.80. The maximum absolute atomic E-state index is 12.8. The van der Waals surface area contributed by atoms with Gasteiger partial charge in [0.15, 0.2) is 0 Å². The molecular formula is C26H32N2O6. The SMILES string of the molecule is CC(C)(C)CC(NC(=O)OCC1c2ccccc2-c2ccccc21)C(=O)NC(CCO)C(=O)O. The number of aliphatic hydroxyl groups is 1. The highest BCUT2D eigenvalue weighted by atomic mass is 16.5. The molecular weight excluding hydrogens is 436 g/mol. The molecule has 2 amide bonds. The molecule has 0 bridgehead atoms. The number of carboxylic acid groups (broad SMARTS) is 1. The fourth-order valence-electron chi connectivity index (χ4n) is 4.26. The average Bonchev–Trinajstić information content (AvgIpc) is 3.09. The van der Waals surface area contributed by atoms with Crippen LogP contribution < -0.4 is 10.6 Å². The van der Waals surface area contributed by atoms with Crippen molar-refractivity contribution in [1.82, 2.24) is 10.6 Å². The van der Waals surface area contributed by atoms with Gasteiger partial charge in [0.05, 0.1) is 0 Å². The number of fused-ring (bicyclic) bond motifs is 3. The molecule has 1 aliphatic carbocycles. The Kier molecular flexibility index (Phi) is 7.94. The summed E-state index contributed by atoms with van der Waals surface area (Å²) in [5.74, 6) is -2.00. The third kappa shape index (κ3) is 6.14. The number of ether oxygens (including phenoxy) is 1. The van der Waals surface area contributed by atoms with Crippen molar-refractivity contribution in [2.75, 3.05) is 13.2 Å². The van der Waals surface area contributed by atoms with Crippen molar-refractivity contribution in [1.29, 1.82) is 0 Å². The summed E-state index contributed by atoms with van der Waals surface area (Å²) in [7, 11) is 0. The first-order chi connectivity index (χ1) is 16.1. The lowest BCUT2D eigenvalue weighted by Crippen LogP contribution is -2.53. The van der Waals surface area contributed by atoms with Crippen LogP contribution in [0.15, 0.2) is 48.5 Å². The lowest BCUT2D eigenvalue weighted by atomic mass is 9.87. The predicted octanol–water partition coefficient (Wildman–Crippen LogP) is 3.28. The van der Waals surface area contributed by atoms with E-state index < -0.39 is 30.1 Å². The quantitative estimate of drug-likeness (QED) is 0.448. The summed E-state index contributed by atoms with van der Waals surface area (Å²) in [6.45, 7) is 5.45. The van der Waals surface area contributed by atoms with Crippen molar-refractivity contribution in [2.45, 2.75) is 51.6 Å². The molecule has 0 heterocycles. The minimum atomic E-state index is -1.25. The van der Waals surface area contributed by atoms with Crippen LogP contribution in [0.1, 0.15) is 50.7 Å². The molecule has 0 radical (unpaired) electrons. The van der Waals surface area contributed by atoms with Gasteiger partial charge in [-0.15, -0.1) is 0 Å². The molecule has 0 spiro atoms. The van der Waals surface area contributed by atoms with Crippen LogP contribution in [0.4, 0.5) is 4.79 Å². The van der Waals surface area contributed by atoms with Gasteiger partial charge < -0.3 is 25.6 Å². The number of amides is 2. The normalized spacial score (nSPS) is 14.5. The maximum Gasteiger partial charge on any atom is 0.407 e. The molecule has 8 heteroatoms. The Labute approximate surface area is 199 Å². The molecule has 2 aromatic carbocycles. The standard InChI is InChI=1S/C26H32N2O6/c1-26(2,3)14-22(23(30)27-21(12-13-29)24(31)32)28-25(33)34-15-20-18-10-6-4-8-16(18)17-9-5-7-11-19(17)20/h4-11,20-22,29H,12-15H2,1-3H3,(H,27,30)(H,28,33)(H,31,32). The van der Waals surface area contributed by atoms with E-state index in [1.807, 2.05) is 69.3 Å². The topological polar surface area (TPSA) is 125 Å². The Balaban J connectivity index is 1.69. The lowest BCUT2D eigenvalue weighted by molar-refractivity contribution is -0.142. The summed E-state index contributed by atoms with van der Waals surface area (Å²) in [6, 6.07) is 13.7. The number of nitrogens with one attached hydrogen (secondary N) is 2. The second-order valence-corrected chi connectivity index (χ2v) is 9.70. The van der Waals surface area contributed by atoms with E-state index in [0.717, 1.165) is 22.3 Å². The van der Waals surface area contributed by atoms with Gasteiger partial charge in [-0.25, -0.2) is 9.59 Å². The summed E-state index contributed by atoms with van der Waals surface area (Å²) in [6.07, 6.45) is -0.608. The fraction of sp³-hybridized carbons (Fsp3) is 0.423. The second kappa shape index (κ2) is 10.7. The van der Waals surface area contributed by atoms with Crippen molar-refractivity contribution in [2.24, 2.45) is 5.41 Å². The molecule has 3 rings (SSSR count). The molecule has 0 fully saturated rings. The molecule has 0 saturated carbocycles. The van der Waals surface area contributed by atoms with E-state index in [4.69, 9.17) is 9.84 Å². The van der Waals surface area contributed by atoms with Crippen LogP contribution in [0.2, 0.25) is 0 Å². The lowest BCUT2D eigenvalue weighted by Gasteiger charge is -2.27. The van der Waals surface area contributed by atoms with E-state index in [-0.39, 0.29) is 37.4 Å². The van der Waals surface area contributed by atoms with Crippen molar-refractivity contribution < 1.29 is 29.3 Å². The monoisotopic (exact) mass is 468 g/mol. The van der Waals surface area contributed by atoms with Gasteiger partial charge in [-0.3, -0.25) is 4.79 Å². The van der Waals surface area contributed by atoms with Gasteiger partial charge in [0.2, 0.25) is 5.91 Å². The van der Waals surface area contributed by atoms with E-state index >= 15 is 0 Å². The van der Waals surface area contributed by atoms with Crippen LogP contribution in [0, 0.1) is 5.41 Å². The first kappa shape index (κ1) is 25.2. The number of carbonyl (C=O) groups excluding carboxylic acids is 2. The third-order valence-electron chi connectivity index (χ3n) is 5.80. The highest BCUT2D eigenvalue weighted by Gasteiger charge is 2.32. The molecule has 34 heavy (non-hydrogen) atoms. The van der Waals surface area contributed by atoms with Gasteiger partial charge in [0.25, 0.3) is 0 Å². The summed E-state index contributed by atoms with van der Waals surface area (Å²) in [5.41, 5.74) is 4.05. The average molecular weight is 469 g/mol. The van der Waals surface area contributed by atoms with E-state index in [9.17, 15) is 19.5 Å². The Morgan fingerprint density at radius 1 is 0.941 bits per heavy atom. The number of aliphatic hydroxyl groups excluding tert-OH is 1. The van der Waals surface area contributed by atoms with Crippen LogP contribution >= 0.6 is 0 Å². The van der Waals surface area contributed by atoms with Crippen LogP contribution in [0.25, 0.3) is 11.1 Å². The number of alkyl carbamates (subject to hydrolysis) is 1. The van der Waals surface area contributed by atoms with Crippen molar-refractivity contribution >= 4 is 18.0 Å². The highest BCUT2D eigenvalue weighted by molar-refractivity contribution is 5.89. The van der Waals surface area contributed by atoms with Gasteiger partial charge in [0, 0.05) is 18.9 Å². The molecule has 2 atom stereocenters. The van der Waals surface area contributed by atoms with E-state index in [1.54, 1.807) is 0 Å². The van der Waals surface area contributed by atoms with Gasteiger partial charge in [-0.2, -0.15) is 0 Å². The van der Waals surface area contributed by atoms with Crippen LogP contribution in [0.3, 0.4) is 0 Å². The number of carbonyl (C=O) groups is 3. The first-order valence-electron chi connectivity index (χ1n) is 11.4.